The molecule has 1 amide bonds. The zero-order chi connectivity index (χ0) is 23.5. The van der Waals surface area contributed by atoms with Crippen molar-refractivity contribution in [3.63, 3.8) is 0 Å². The number of fused-ring (bicyclic) bond motifs is 1. The summed E-state index contributed by atoms with van der Waals surface area (Å²) < 4.78 is 17.0. The summed E-state index contributed by atoms with van der Waals surface area (Å²) in [5, 5.41) is 3.37. The molecular weight excluding hydrogens is 428 g/mol. The molecule has 6 aliphatic rings. The zero-order valence-corrected chi connectivity index (χ0v) is 20.8. The molecule has 0 spiro atoms. The van der Waals surface area contributed by atoms with Crippen LogP contribution in [0.3, 0.4) is 0 Å². The van der Waals surface area contributed by atoms with E-state index in [1.807, 2.05) is 6.07 Å². The maximum atomic E-state index is 13.1. The first kappa shape index (κ1) is 22.3. The van der Waals surface area contributed by atoms with E-state index in [1.165, 1.54) is 24.8 Å². The largest absolute Gasteiger partial charge is 0.493 e. The van der Waals surface area contributed by atoms with Crippen LogP contribution in [0.15, 0.2) is 30.0 Å². The Morgan fingerprint density at radius 2 is 1.71 bits per heavy atom. The third-order valence-corrected chi connectivity index (χ3v) is 9.76. The van der Waals surface area contributed by atoms with Crippen molar-refractivity contribution in [1.29, 1.82) is 0 Å². The molecule has 7 rings (SSSR count). The van der Waals surface area contributed by atoms with Crippen molar-refractivity contribution in [3.05, 3.63) is 35.6 Å². The Balaban J connectivity index is 1.18. The second-order valence-corrected chi connectivity index (χ2v) is 11.8. The topological polar surface area (TPSA) is 60.0 Å². The number of methoxy groups -OCH3 is 2. The number of benzene rings is 1. The summed E-state index contributed by atoms with van der Waals surface area (Å²) in [6.45, 7) is 1.03. The molecule has 4 saturated carbocycles. The Morgan fingerprint density at radius 3 is 2.35 bits per heavy atom. The molecule has 6 nitrogen and oxygen atoms in total. The lowest BCUT2D eigenvalue weighted by Gasteiger charge is -2.56. The number of alkyl carbamates (subject to hydrolysis) is 1. The van der Waals surface area contributed by atoms with Gasteiger partial charge in [-0.15, -0.1) is 0 Å². The van der Waals surface area contributed by atoms with Crippen LogP contribution in [-0.4, -0.2) is 50.4 Å². The molecule has 1 heterocycles. The lowest BCUT2D eigenvalue weighted by atomic mass is 9.53. The predicted molar refractivity (Wildman–Crippen MR) is 130 cm³/mol. The van der Waals surface area contributed by atoms with Gasteiger partial charge in [-0.05, 0) is 106 Å². The first-order valence-electron chi connectivity index (χ1n) is 13.0. The van der Waals surface area contributed by atoms with Crippen molar-refractivity contribution < 1.29 is 19.0 Å². The van der Waals surface area contributed by atoms with Gasteiger partial charge in [-0.2, -0.15) is 0 Å². The number of likely N-dealkylation sites (tertiary alicyclic amines) is 1. The van der Waals surface area contributed by atoms with Gasteiger partial charge in [0.05, 0.1) is 14.2 Å². The van der Waals surface area contributed by atoms with Crippen molar-refractivity contribution in [2.45, 2.75) is 74.8 Å². The molecule has 2 unspecified atom stereocenters. The number of nitrogens with one attached hydrogen (secondary N) is 1. The number of likely N-dealkylation sites (N-methyl/N-ethyl adjacent to an activating group) is 1. The summed E-state index contributed by atoms with van der Waals surface area (Å²) in [6, 6.07) is 6.60. The van der Waals surface area contributed by atoms with E-state index in [0.29, 0.717) is 0 Å². The summed E-state index contributed by atoms with van der Waals surface area (Å²) in [7, 11) is 5.54. The van der Waals surface area contributed by atoms with Gasteiger partial charge in [0.25, 0.3) is 0 Å². The standard InChI is InChI=1S/C28H38N2O4/c1-30-9-8-28(21-4-5-23(32-2)24(13-21)33-3)7-6-22(14-25(28)30)34-26(31)29-27-15-18-10-19(16-27)12-20(11-18)17-27/h4-6,13,18-20,25H,7-12,14-17H2,1-3H3,(H,29,31). The van der Waals surface area contributed by atoms with Crippen molar-refractivity contribution in [2.24, 2.45) is 17.8 Å². The van der Waals surface area contributed by atoms with Crippen LogP contribution in [0.5, 0.6) is 11.5 Å². The van der Waals surface area contributed by atoms with E-state index in [0.717, 1.165) is 80.1 Å². The number of carbonyl (C=O) groups is 1. The van der Waals surface area contributed by atoms with E-state index in [2.05, 4.69) is 35.5 Å². The predicted octanol–water partition coefficient (Wildman–Crippen LogP) is 5.02. The number of amides is 1. The number of nitrogens with zero attached hydrogens (tertiary/aromatic N) is 1. The van der Waals surface area contributed by atoms with Crippen LogP contribution >= 0.6 is 0 Å². The van der Waals surface area contributed by atoms with Crippen LogP contribution in [0.25, 0.3) is 0 Å². The van der Waals surface area contributed by atoms with E-state index < -0.39 is 0 Å². The van der Waals surface area contributed by atoms with Gasteiger partial charge in [-0.3, -0.25) is 0 Å². The van der Waals surface area contributed by atoms with Crippen LogP contribution in [0.2, 0.25) is 0 Å². The quantitative estimate of drug-likeness (QED) is 0.660. The summed E-state index contributed by atoms with van der Waals surface area (Å²) >= 11 is 0. The zero-order valence-electron chi connectivity index (χ0n) is 20.8. The number of hydrogen-bond acceptors (Lipinski definition) is 5. The fraction of sp³-hybridized carbons (Fsp3) is 0.679. The highest BCUT2D eigenvalue weighted by molar-refractivity contribution is 5.70. The third-order valence-electron chi connectivity index (χ3n) is 9.76. The molecule has 0 radical (unpaired) electrons. The lowest BCUT2D eigenvalue weighted by Crippen LogP contribution is -2.59. The maximum Gasteiger partial charge on any atom is 0.412 e. The fourth-order valence-electron chi connectivity index (χ4n) is 8.59. The van der Waals surface area contributed by atoms with E-state index in [1.54, 1.807) is 14.2 Å². The number of rotatable bonds is 5. The minimum Gasteiger partial charge on any atom is -0.493 e. The van der Waals surface area contributed by atoms with Crippen LogP contribution in [0.4, 0.5) is 4.79 Å². The van der Waals surface area contributed by atoms with Crippen LogP contribution in [0, 0.1) is 17.8 Å². The summed E-state index contributed by atoms with van der Waals surface area (Å²) in [6.07, 6.45) is 12.1. The second-order valence-electron chi connectivity index (χ2n) is 11.8. The number of hydrogen-bond donors (Lipinski definition) is 1. The first-order chi connectivity index (χ1) is 16.4. The van der Waals surface area contributed by atoms with Gasteiger partial charge in [-0.25, -0.2) is 4.79 Å². The van der Waals surface area contributed by atoms with E-state index in [9.17, 15) is 4.79 Å². The highest BCUT2D eigenvalue weighted by Crippen LogP contribution is 2.56. The van der Waals surface area contributed by atoms with E-state index >= 15 is 0 Å². The molecule has 4 bridgehead atoms. The van der Waals surface area contributed by atoms with Crippen molar-refractivity contribution in [3.8, 4) is 11.5 Å². The Hall–Kier alpha value is -2.21. The molecule has 2 atom stereocenters. The van der Waals surface area contributed by atoms with Gasteiger partial charge in [0.2, 0.25) is 0 Å². The lowest BCUT2D eigenvalue weighted by molar-refractivity contribution is -0.0179. The normalized spacial score (nSPS) is 38.3. The first-order valence-corrected chi connectivity index (χ1v) is 13.0. The smallest absolute Gasteiger partial charge is 0.412 e. The average molecular weight is 467 g/mol. The van der Waals surface area contributed by atoms with Gasteiger partial charge in [0.1, 0.15) is 5.76 Å². The highest BCUT2D eigenvalue weighted by Gasteiger charge is 2.52. The van der Waals surface area contributed by atoms with Crippen LogP contribution in [-0.2, 0) is 10.2 Å². The molecule has 1 saturated heterocycles. The monoisotopic (exact) mass is 466 g/mol. The Morgan fingerprint density at radius 1 is 1.03 bits per heavy atom. The van der Waals surface area contributed by atoms with Crippen molar-refractivity contribution >= 4 is 6.09 Å². The molecule has 1 aliphatic heterocycles. The summed E-state index contributed by atoms with van der Waals surface area (Å²) in [5.41, 5.74) is 1.25. The van der Waals surface area contributed by atoms with Crippen molar-refractivity contribution in [2.75, 3.05) is 27.8 Å². The average Bonchev–Trinajstić information content (AvgIpc) is 3.14. The Kier molecular flexibility index (Phi) is 5.36. The van der Waals surface area contributed by atoms with Gasteiger partial charge < -0.3 is 24.4 Å². The molecule has 1 aromatic rings. The molecule has 0 aromatic heterocycles. The Bertz CT molecular complexity index is 969. The number of carbonyl (C=O) groups excluding carboxylic acids is 1. The fourth-order valence-corrected chi connectivity index (χ4v) is 8.59. The highest BCUT2D eigenvalue weighted by atomic mass is 16.6. The summed E-state index contributed by atoms with van der Waals surface area (Å²) in [5.74, 6) is 4.74. The third kappa shape index (κ3) is 3.60. The molecule has 1 N–H and O–H groups in total. The molecule has 5 fully saturated rings. The number of allylic oxidation sites excluding steroid dienone is 1. The maximum absolute atomic E-state index is 13.1. The van der Waals surface area contributed by atoms with Crippen LogP contribution in [0.1, 0.15) is 63.4 Å². The summed E-state index contributed by atoms with van der Waals surface area (Å²) in [4.78, 5) is 15.5. The van der Waals surface area contributed by atoms with Gasteiger partial charge in [-0.1, -0.05) is 6.07 Å². The molecule has 34 heavy (non-hydrogen) atoms. The SMILES string of the molecule is COc1ccc(C23CC=C(OC(=O)NC45CC6CC(CC(C6)C4)C5)CC2N(C)CC3)cc1OC. The van der Waals surface area contributed by atoms with E-state index in [-0.39, 0.29) is 23.1 Å². The van der Waals surface area contributed by atoms with Gasteiger partial charge >= 0.3 is 6.09 Å². The van der Waals surface area contributed by atoms with Crippen LogP contribution < -0.4 is 14.8 Å². The van der Waals surface area contributed by atoms with Gasteiger partial charge in [0.15, 0.2) is 11.5 Å². The molecule has 5 aliphatic carbocycles. The van der Waals surface area contributed by atoms with E-state index in [4.69, 9.17) is 14.2 Å². The molecule has 1 aromatic carbocycles. The minimum atomic E-state index is -0.243. The van der Waals surface area contributed by atoms with Gasteiger partial charge in [0, 0.05) is 23.4 Å². The Labute approximate surface area is 203 Å². The minimum absolute atomic E-state index is 0.00242. The second kappa shape index (κ2) is 8.18. The molecule has 184 valence electrons. The number of ether oxygens (including phenoxy) is 3. The molecular formula is C28H38N2O4. The van der Waals surface area contributed by atoms with Crippen molar-refractivity contribution in [1.82, 2.24) is 10.2 Å². The molecule has 6 heteroatoms.